The molecule has 0 amide bonds. The summed E-state index contributed by atoms with van der Waals surface area (Å²) in [5, 5.41) is 14.3. The van der Waals surface area contributed by atoms with Gasteiger partial charge in [0.2, 0.25) is 0 Å². The van der Waals surface area contributed by atoms with Gasteiger partial charge in [0.15, 0.2) is 0 Å². The van der Waals surface area contributed by atoms with Crippen molar-refractivity contribution in [2.24, 2.45) is 5.92 Å². The standard InChI is InChI=1S/C30H38N2O2/c1-20(2)19-32-17-16-21-8-10-22(11-9-21)18-26-28(34-3)15-13-25(30(26)31)29-24-7-5-4-6-23(24)12-14-27(29)33/h8-15,20,32-33H,4-7,16-19,31H2,1-3H3. The summed E-state index contributed by atoms with van der Waals surface area (Å²) in [7, 11) is 1.69. The number of methoxy groups -OCH3 is 1. The largest absolute Gasteiger partial charge is 0.507 e. The molecule has 0 saturated heterocycles. The predicted octanol–water partition coefficient (Wildman–Crippen LogP) is 5.91. The van der Waals surface area contributed by atoms with Crippen LogP contribution >= 0.6 is 0 Å². The fourth-order valence-electron chi connectivity index (χ4n) is 5.00. The molecule has 1 aliphatic rings. The lowest BCUT2D eigenvalue weighted by Crippen LogP contribution is -2.22. The molecule has 0 heterocycles. The number of nitrogens with one attached hydrogen (secondary N) is 1. The summed E-state index contributed by atoms with van der Waals surface area (Å²) in [6.07, 6.45) is 6.09. The number of phenolic OH excluding ortho intramolecular Hbond substituents is 1. The molecule has 0 aromatic heterocycles. The first-order valence-electron chi connectivity index (χ1n) is 12.6. The van der Waals surface area contributed by atoms with Gasteiger partial charge in [-0.3, -0.25) is 0 Å². The third-order valence-corrected chi connectivity index (χ3v) is 6.86. The minimum atomic E-state index is 0.305. The van der Waals surface area contributed by atoms with Crippen molar-refractivity contribution >= 4 is 5.69 Å². The minimum absolute atomic E-state index is 0.305. The lowest BCUT2D eigenvalue weighted by molar-refractivity contribution is 0.411. The van der Waals surface area contributed by atoms with E-state index in [0.29, 0.717) is 23.8 Å². The molecule has 4 rings (SSSR count). The Morgan fingerprint density at radius 1 is 0.971 bits per heavy atom. The van der Waals surface area contributed by atoms with E-state index in [-0.39, 0.29) is 0 Å². The van der Waals surface area contributed by atoms with Crippen LogP contribution in [0.1, 0.15) is 54.5 Å². The van der Waals surface area contributed by atoms with Gasteiger partial charge in [0.25, 0.3) is 0 Å². The second-order valence-electron chi connectivity index (χ2n) is 9.85. The summed E-state index contributed by atoms with van der Waals surface area (Å²) in [6.45, 7) is 6.49. The molecule has 0 bridgehead atoms. The number of nitrogen functional groups attached to an aromatic ring is 1. The Labute approximate surface area is 204 Å². The van der Waals surface area contributed by atoms with Crippen LogP contribution in [-0.4, -0.2) is 25.3 Å². The summed E-state index contributed by atoms with van der Waals surface area (Å²) >= 11 is 0. The molecule has 0 saturated carbocycles. The number of hydrogen-bond acceptors (Lipinski definition) is 4. The van der Waals surface area contributed by atoms with Gasteiger partial charge in [-0.2, -0.15) is 0 Å². The molecule has 180 valence electrons. The van der Waals surface area contributed by atoms with E-state index in [4.69, 9.17) is 10.5 Å². The van der Waals surface area contributed by atoms with E-state index in [1.807, 2.05) is 18.2 Å². The predicted molar refractivity (Wildman–Crippen MR) is 142 cm³/mol. The summed E-state index contributed by atoms with van der Waals surface area (Å²) in [6, 6.07) is 16.6. The number of benzene rings is 3. The molecule has 0 spiro atoms. The number of ether oxygens (including phenoxy) is 1. The van der Waals surface area contributed by atoms with Crippen LogP contribution in [0.3, 0.4) is 0 Å². The average molecular weight is 459 g/mol. The number of hydrogen-bond donors (Lipinski definition) is 3. The van der Waals surface area contributed by atoms with Crippen molar-refractivity contribution in [2.75, 3.05) is 25.9 Å². The zero-order chi connectivity index (χ0) is 24.1. The number of rotatable bonds is 9. The van der Waals surface area contributed by atoms with Crippen LogP contribution in [0, 0.1) is 5.92 Å². The molecule has 3 aromatic carbocycles. The Balaban J connectivity index is 1.60. The van der Waals surface area contributed by atoms with Gasteiger partial charge < -0.3 is 20.9 Å². The van der Waals surface area contributed by atoms with E-state index in [0.717, 1.165) is 61.2 Å². The maximum absolute atomic E-state index is 10.8. The van der Waals surface area contributed by atoms with Gasteiger partial charge in [-0.05, 0) is 91.6 Å². The molecule has 0 unspecified atom stereocenters. The molecule has 0 aliphatic heterocycles. The van der Waals surface area contributed by atoms with Crippen molar-refractivity contribution in [1.82, 2.24) is 5.32 Å². The van der Waals surface area contributed by atoms with Crippen LogP contribution in [0.5, 0.6) is 11.5 Å². The molecule has 4 N–H and O–H groups in total. The number of nitrogens with two attached hydrogens (primary N) is 1. The maximum Gasteiger partial charge on any atom is 0.124 e. The van der Waals surface area contributed by atoms with Gasteiger partial charge in [0.1, 0.15) is 11.5 Å². The Bertz CT molecular complexity index is 1120. The van der Waals surface area contributed by atoms with Crippen LogP contribution in [0.15, 0.2) is 48.5 Å². The van der Waals surface area contributed by atoms with Crippen molar-refractivity contribution in [3.8, 4) is 22.6 Å². The Morgan fingerprint density at radius 2 is 1.71 bits per heavy atom. The van der Waals surface area contributed by atoms with Crippen molar-refractivity contribution in [1.29, 1.82) is 0 Å². The van der Waals surface area contributed by atoms with Gasteiger partial charge in [-0.25, -0.2) is 0 Å². The molecule has 34 heavy (non-hydrogen) atoms. The SMILES string of the molecule is COc1ccc(-c2c(O)ccc3c2CCCC3)c(N)c1Cc1ccc(CCNCC(C)C)cc1. The lowest BCUT2D eigenvalue weighted by atomic mass is 9.84. The number of aromatic hydroxyl groups is 1. The molecule has 3 aromatic rings. The van der Waals surface area contributed by atoms with Gasteiger partial charge in [-0.1, -0.05) is 44.2 Å². The van der Waals surface area contributed by atoms with Crippen LogP contribution in [0.25, 0.3) is 11.1 Å². The van der Waals surface area contributed by atoms with Crippen LogP contribution in [-0.2, 0) is 25.7 Å². The van der Waals surface area contributed by atoms with E-state index < -0.39 is 0 Å². The lowest BCUT2D eigenvalue weighted by Gasteiger charge is -2.23. The highest BCUT2D eigenvalue weighted by Crippen LogP contribution is 2.43. The van der Waals surface area contributed by atoms with Crippen molar-refractivity contribution in [2.45, 2.75) is 52.4 Å². The number of phenols is 1. The molecule has 1 aliphatic carbocycles. The summed E-state index contributed by atoms with van der Waals surface area (Å²) < 4.78 is 5.69. The summed E-state index contributed by atoms with van der Waals surface area (Å²) in [5.74, 6) is 1.76. The first kappa shape index (κ1) is 24.2. The normalized spacial score (nSPS) is 13.2. The number of fused-ring (bicyclic) bond motifs is 1. The Kier molecular flexibility index (Phi) is 7.79. The molecule has 0 atom stereocenters. The second kappa shape index (κ2) is 11.0. The fourth-order valence-corrected chi connectivity index (χ4v) is 5.00. The Morgan fingerprint density at radius 3 is 2.44 bits per heavy atom. The maximum atomic E-state index is 10.8. The second-order valence-corrected chi connectivity index (χ2v) is 9.85. The topological polar surface area (TPSA) is 67.5 Å². The summed E-state index contributed by atoms with van der Waals surface area (Å²) in [5.41, 5.74) is 15.3. The highest BCUT2D eigenvalue weighted by molar-refractivity contribution is 5.86. The first-order valence-corrected chi connectivity index (χ1v) is 12.6. The fraction of sp³-hybridized carbons (Fsp3) is 0.400. The first-order chi connectivity index (χ1) is 16.5. The number of aryl methyl sites for hydroxylation is 1. The van der Waals surface area contributed by atoms with Crippen LogP contribution < -0.4 is 15.8 Å². The molecule has 0 radical (unpaired) electrons. The quantitative estimate of drug-likeness (QED) is 0.276. The van der Waals surface area contributed by atoms with Gasteiger partial charge in [0, 0.05) is 28.8 Å². The highest BCUT2D eigenvalue weighted by Gasteiger charge is 2.22. The molecule has 4 nitrogen and oxygen atoms in total. The van der Waals surface area contributed by atoms with Gasteiger partial charge in [-0.15, -0.1) is 0 Å². The minimum Gasteiger partial charge on any atom is -0.507 e. The van der Waals surface area contributed by atoms with Crippen molar-refractivity contribution < 1.29 is 9.84 Å². The van der Waals surface area contributed by atoms with Crippen molar-refractivity contribution in [3.63, 3.8) is 0 Å². The smallest absolute Gasteiger partial charge is 0.124 e. The van der Waals surface area contributed by atoms with E-state index >= 15 is 0 Å². The van der Waals surface area contributed by atoms with Gasteiger partial charge >= 0.3 is 0 Å². The van der Waals surface area contributed by atoms with E-state index in [9.17, 15) is 5.11 Å². The third-order valence-electron chi connectivity index (χ3n) is 6.86. The van der Waals surface area contributed by atoms with Crippen LogP contribution in [0.2, 0.25) is 0 Å². The molecular formula is C30H38N2O2. The van der Waals surface area contributed by atoms with E-state index in [1.165, 1.54) is 28.7 Å². The highest BCUT2D eigenvalue weighted by atomic mass is 16.5. The zero-order valence-corrected chi connectivity index (χ0v) is 20.8. The Hall–Kier alpha value is -2.98. The van der Waals surface area contributed by atoms with Crippen molar-refractivity contribution in [3.05, 3.63) is 76.3 Å². The van der Waals surface area contributed by atoms with E-state index in [2.05, 4.69) is 49.5 Å². The zero-order valence-electron chi connectivity index (χ0n) is 20.8. The monoisotopic (exact) mass is 458 g/mol. The van der Waals surface area contributed by atoms with Crippen LogP contribution in [0.4, 0.5) is 5.69 Å². The average Bonchev–Trinajstić information content (AvgIpc) is 2.84. The van der Waals surface area contributed by atoms with Gasteiger partial charge in [0.05, 0.1) is 7.11 Å². The molecule has 0 fully saturated rings. The molecular weight excluding hydrogens is 420 g/mol. The third kappa shape index (κ3) is 5.39. The number of anilines is 1. The summed E-state index contributed by atoms with van der Waals surface area (Å²) in [4.78, 5) is 0. The van der Waals surface area contributed by atoms with E-state index in [1.54, 1.807) is 7.11 Å². The molecule has 4 heteroatoms.